The van der Waals surface area contributed by atoms with Crippen molar-refractivity contribution < 1.29 is 4.74 Å². The van der Waals surface area contributed by atoms with Crippen LogP contribution in [0.2, 0.25) is 0 Å². The number of hydrogen-bond donors (Lipinski definition) is 1. The standard InChI is InChI=1S/C23H39N3OS/c1-5-6-12-24-22(28)26(14-7-13-25-15-17-27-18-16-25)19-20-8-10-21(11-9-20)23(2,3)4/h8-11H,5-7,12-19H2,1-4H3,(H,24,28). The van der Waals surface area contributed by atoms with Gasteiger partial charge in [-0.15, -0.1) is 0 Å². The van der Waals surface area contributed by atoms with E-state index in [0.717, 1.165) is 70.4 Å². The number of benzene rings is 1. The molecule has 1 N–H and O–H groups in total. The molecule has 0 aromatic heterocycles. The van der Waals surface area contributed by atoms with E-state index in [2.05, 4.69) is 67.1 Å². The number of ether oxygens (including phenoxy) is 1. The number of unbranched alkanes of at least 4 members (excludes halogenated alkanes) is 1. The lowest BCUT2D eigenvalue weighted by atomic mass is 9.87. The van der Waals surface area contributed by atoms with Crippen LogP contribution in [0.15, 0.2) is 24.3 Å². The highest BCUT2D eigenvalue weighted by molar-refractivity contribution is 7.80. The molecule has 1 aromatic carbocycles. The van der Waals surface area contributed by atoms with Gasteiger partial charge in [-0.05, 0) is 41.6 Å². The zero-order chi connectivity index (χ0) is 20.4. The first-order chi connectivity index (χ1) is 13.4. The fourth-order valence-electron chi connectivity index (χ4n) is 3.38. The fourth-order valence-corrected chi connectivity index (χ4v) is 3.63. The zero-order valence-electron chi connectivity index (χ0n) is 18.3. The summed E-state index contributed by atoms with van der Waals surface area (Å²) < 4.78 is 5.45. The van der Waals surface area contributed by atoms with Gasteiger partial charge in [0.1, 0.15) is 0 Å². The molecule has 1 aliphatic heterocycles. The topological polar surface area (TPSA) is 27.7 Å². The molecular formula is C23H39N3OS. The minimum Gasteiger partial charge on any atom is -0.379 e. The Hall–Kier alpha value is -1.17. The van der Waals surface area contributed by atoms with Crippen molar-refractivity contribution in [2.45, 2.75) is 58.9 Å². The van der Waals surface area contributed by atoms with E-state index in [0.29, 0.717) is 0 Å². The van der Waals surface area contributed by atoms with Crippen LogP contribution in [0.1, 0.15) is 58.1 Å². The van der Waals surface area contributed by atoms with E-state index >= 15 is 0 Å². The normalized spacial score (nSPS) is 15.4. The SMILES string of the molecule is CCCCNC(=S)N(CCCN1CCOCC1)Cc1ccc(C(C)(C)C)cc1. The van der Waals surface area contributed by atoms with Gasteiger partial charge < -0.3 is 15.0 Å². The maximum atomic E-state index is 5.72. The zero-order valence-corrected chi connectivity index (χ0v) is 19.1. The number of nitrogens with zero attached hydrogens (tertiary/aromatic N) is 2. The summed E-state index contributed by atoms with van der Waals surface area (Å²) in [5, 5.41) is 4.34. The molecule has 1 saturated heterocycles. The van der Waals surface area contributed by atoms with Gasteiger partial charge in [-0.1, -0.05) is 58.4 Å². The van der Waals surface area contributed by atoms with Gasteiger partial charge >= 0.3 is 0 Å². The molecule has 28 heavy (non-hydrogen) atoms. The molecule has 0 spiro atoms. The van der Waals surface area contributed by atoms with Gasteiger partial charge in [-0.3, -0.25) is 4.90 Å². The van der Waals surface area contributed by atoms with Crippen LogP contribution in [-0.4, -0.2) is 60.8 Å². The molecule has 1 heterocycles. The molecule has 0 amide bonds. The second-order valence-corrected chi connectivity index (χ2v) is 9.15. The molecule has 5 heteroatoms. The molecule has 0 bridgehead atoms. The van der Waals surface area contributed by atoms with Gasteiger partial charge in [-0.25, -0.2) is 0 Å². The highest BCUT2D eigenvalue weighted by atomic mass is 32.1. The van der Waals surface area contributed by atoms with Crippen molar-refractivity contribution in [3.8, 4) is 0 Å². The van der Waals surface area contributed by atoms with Crippen LogP contribution in [0.4, 0.5) is 0 Å². The van der Waals surface area contributed by atoms with Crippen molar-refractivity contribution >= 4 is 17.3 Å². The van der Waals surface area contributed by atoms with Crippen molar-refractivity contribution in [3.05, 3.63) is 35.4 Å². The van der Waals surface area contributed by atoms with E-state index in [1.807, 2.05) is 0 Å². The van der Waals surface area contributed by atoms with Gasteiger partial charge in [0.25, 0.3) is 0 Å². The van der Waals surface area contributed by atoms with Crippen molar-refractivity contribution in [1.82, 2.24) is 15.1 Å². The molecule has 158 valence electrons. The van der Waals surface area contributed by atoms with E-state index < -0.39 is 0 Å². The Bertz CT molecular complexity index is 577. The molecule has 0 unspecified atom stereocenters. The number of thiocarbonyl (C=S) groups is 1. The summed E-state index contributed by atoms with van der Waals surface area (Å²) in [7, 11) is 0. The second-order valence-electron chi connectivity index (χ2n) is 8.76. The average Bonchev–Trinajstić information content (AvgIpc) is 2.68. The van der Waals surface area contributed by atoms with E-state index in [9.17, 15) is 0 Å². The Morgan fingerprint density at radius 3 is 2.43 bits per heavy atom. The summed E-state index contributed by atoms with van der Waals surface area (Å²) in [6, 6.07) is 9.03. The van der Waals surface area contributed by atoms with Crippen molar-refractivity contribution in [2.24, 2.45) is 0 Å². The first kappa shape index (κ1) is 23.1. The largest absolute Gasteiger partial charge is 0.379 e. The Morgan fingerprint density at radius 1 is 1.14 bits per heavy atom. The number of morpholine rings is 1. The minimum atomic E-state index is 0.188. The Labute approximate surface area is 177 Å². The van der Waals surface area contributed by atoms with Crippen molar-refractivity contribution in [1.29, 1.82) is 0 Å². The summed E-state index contributed by atoms with van der Waals surface area (Å²) in [6.45, 7) is 16.7. The summed E-state index contributed by atoms with van der Waals surface area (Å²) in [5.74, 6) is 0. The highest BCUT2D eigenvalue weighted by Crippen LogP contribution is 2.22. The highest BCUT2D eigenvalue weighted by Gasteiger charge is 2.15. The van der Waals surface area contributed by atoms with E-state index in [1.54, 1.807) is 0 Å². The molecule has 0 saturated carbocycles. The van der Waals surface area contributed by atoms with Crippen molar-refractivity contribution in [3.63, 3.8) is 0 Å². The molecule has 0 atom stereocenters. The van der Waals surface area contributed by atoms with Crippen LogP contribution >= 0.6 is 12.2 Å². The quantitative estimate of drug-likeness (QED) is 0.491. The first-order valence-electron chi connectivity index (χ1n) is 10.8. The first-order valence-corrected chi connectivity index (χ1v) is 11.2. The lowest BCUT2D eigenvalue weighted by Gasteiger charge is -2.30. The Morgan fingerprint density at radius 2 is 1.82 bits per heavy atom. The van der Waals surface area contributed by atoms with Gasteiger partial charge in [0.2, 0.25) is 0 Å². The maximum absolute atomic E-state index is 5.72. The molecule has 0 radical (unpaired) electrons. The average molecular weight is 406 g/mol. The molecule has 1 fully saturated rings. The van der Waals surface area contributed by atoms with Crippen LogP contribution in [0, 0.1) is 0 Å². The van der Waals surface area contributed by atoms with Crippen LogP contribution in [-0.2, 0) is 16.7 Å². The maximum Gasteiger partial charge on any atom is 0.169 e. The fraction of sp³-hybridized carbons (Fsp3) is 0.696. The van der Waals surface area contributed by atoms with Crippen molar-refractivity contribution in [2.75, 3.05) is 45.9 Å². The van der Waals surface area contributed by atoms with Gasteiger partial charge in [0.05, 0.1) is 13.2 Å². The third-order valence-corrected chi connectivity index (χ3v) is 5.70. The molecular weight excluding hydrogens is 366 g/mol. The smallest absolute Gasteiger partial charge is 0.169 e. The lowest BCUT2D eigenvalue weighted by molar-refractivity contribution is 0.0367. The molecule has 0 aliphatic carbocycles. The van der Waals surface area contributed by atoms with Crippen LogP contribution in [0.5, 0.6) is 0 Å². The predicted octanol–water partition coefficient (Wildman–Crippen LogP) is 4.18. The number of hydrogen-bond acceptors (Lipinski definition) is 3. The van der Waals surface area contributed by atoms with Gasteiger partial charge in [0.15, 0.2) is 5.11 Å². The summed E-state index contributed by atoms with van der Waals surface area (Å²) in [5.41, 5.74) is 2.88. The van der Waals surface area contributed by atoms with Crippen LogP contribution in [0.25, 0.3) is 0 Å². The monoisotopic (exact) mass is 405 g/mol. The van der Waals surface area contributed by atoms with Gasteiger partial charge in [-0.2, -0.15) is 0 Å². The molecule has 1 aromatic rings. The minimum absolute atomic E-state index is 0.188. The second kappa shape index (κ2) is 11.7. The van der Waals surface area contributed by atoms with E-state index in [-0.39, 0.29) is 5.41 Å². The predicted molar refractivity (Wildman–Crippen MR) is 123 cm³/mol. The Kier molecular flexibility index (Phi) is 9.69. The summed E-state index contributed by atoms with van der Waals surface area (Å²) in [4.78, 5) is 4.82. The molecule has 4 nitrogen and oxygen atoms in total. The lowest BCUT2D eigenvalue weighted by Crippen LogP contribution is -2.42. The summed E-state index contributed by atoms with van der Waals surface area (Å²) >= 11 is 5.72. The third kappa shape index (κ3) is 8.06. The molecule has 2 rings (SSSR count). The van der Waals surface area contributed by atoms with E-state index in [1.165, 1.54) is 17.5 Å². The number of rotatable bonds is 9. The van der Waals surface area contributed by atoms with Gasteiger partial charge in [0, 0.05) is 39.3 Å². The molecule has 1 aliphatic rings. The van der Waals surface area contributed by atoms with Crippen LogP contribution < -0.4 is 5.32 Å². The third-order valence-electron chi connectivity index (χ3n) is 5.29. The van der Waals surface area contributed by atoms with E-state index in [4.69, 9.17) is 17.0 Å². The number of nitrogens with one attached hydrogen (secondary N) is 1. The van der Waals surface area contributed by atoms with Crippen LogP contribution in [0.3, 0.4) is 0 Å². The Balaban J connectivity index is 1.93. The summed E-state index contributed by atoms with van der Waals surface area (Å²) in [6.07, 6.45) is 3.46.